The number of hydrogen-bond donors (Lipinski definition) is 7. The summed E-state index contributed by atoms with van der Waals surface area (Å²) in [6.07, 6.45) is 0. The van der Waals surface area contributed by atoms with Crippen LogP contribution < -0.4 is 11.5 Å². The zero-order chi connectivity index (χ0) is 33.7. The SMILES string of the molecule is Nc1cc(S(=O)(=O)O)c(N=Nc2c(S(=O)(=O)O)cc3cc(S(=O)(=O)O)c(N=Nc4ccccc4)c(O)c3c2N)cc1S(=O)(=O)O. The normalized spacial score (nSPS) is 13.2. The Kier molecular flexibility index (Phi) is 8.42. The Bertz CT molecular complexity index is 2400. The van der Waals surface area contributed by atoms with Crippen molar-refractivity contribution in [1.29, 1.82) is 0 Å². The van der Waals surface area contributed by atoms with E-state index in [9.17, 15) is 57.0 Å². The van der Waals surface area contributed by atoms with Crippen LogP contribution in [0.15, 0.2) is 94.6 Å². The van der Waals surface area contributed by atoms with Crippen LogP contribution in [0.5, 0.6) is 5.75 Å². The summed E-state index contributed by atoms with van der Waals surface area (Å²) >= 11 is 0. The average Bonchev–Trinajstić information content (AvgIpc) is 2.90. The first-order chi connectivity index (χ1) is 20.6. The zero-order valence-corrected chi connectivity index (χ0v) is 25.0. The van der Waals surface area contributed by atoms with Gasteiger partial charge >= 0.3 is 0 Å². The molecule has 0 atom stereocenters. The first-order valence-electron chi connectivity index (χ1n) is 11.4. The van der Waals surface area contributed by atoms with Crippen molar-refractivity contribution in [2.45, 2.75) is 19.6 Å². The van der Waals surface area contributed by atoms with E-state index < -0.39 is 105 Å². The van der Waals surface area contributed by atoms with Gasteiger partial charge in [0.2, 0.25) is 0 Å². The summed E-state index contributed by atoms with van der Waals surface area (Å²) in [6.45, 7) is 0. The number of benzene rings is 4. The van der Waals surface area contributed by atoms with Crippen LogP contribution in [-0.2, 0) is 40.5 Å². The van der Waals surface area contributed by atoms with Crippen molar-refractivity contribution in [3.8, 4) is 5.75 Å². The molecule has 238 valence electrons. The number of fused-ring (bicyclic) bond motifs is 1. The van der Waals surface area contributed by atoms with Gasteiger partial charge in [-0.25, -0.2) is 0 Å². The summed E-state index contributed by atoms with van der Waals surface area (Å²) in [5.41, 5.74) is 7.10. The number of aromatic hydroxyl groups is 1. The molecule has 0 aromatic heterocycles. The fourth-order valence-corrected chi connectivity index (χ4v) is 6.47. The van der Waals surface area contributed by atoms with Gasteiger partial charge in [0.15, 0.2) is 5.75 Å². The fourth-order valence-electron chi connectivity index (χ4n) is 3.88. The number of phenolic OH excluding ortho intramolecular Hbond substituents is 1. The van der Waals surface area contributed by atoms with Crippen LogP contribution in [-0.4, -0.2) is 57.0 Å². The van der Waals surface area contributed by atoms with Crippen molar-refractivity contribution in [3.05, 3.63) is 54.6 Å². The van der Waals surface area contributed by atoms with Crippen molar-refractivity contribution in [2.75, 3.05) is 11.5 Å². The summed E-state index contributed by atoms with van der Waals surface area (Å²) in [5.74, 6) is -1.09. The van der Waals surface area contributed by atoms with Crippen LogP contribution in [0.2, 0.25) is 0 Å². The van der Waals surface area contributed by atoms with Gasteiger partial charge in [-0.3, -0.25) is 18.2 Å². The second kappa shape index (κ2) is 11.4. The number of rotatable bonds is 8. The van der Waals surface area contributed by atoms with E-state index in [4.69, 9.17) is 11.5 Å². The molecule has 23 heteroatoms. The van der Waals surface area contributed by atoms with Crippen LogP contribution in [0.4, 0.5) is 34.1 Å². The molecule has 9 N–H and O–H groups in total. The molecule has 0 spiro atoms. The maximum Gasteiger partial charge on any atom is 0.296 e. The second-order valence-corrected chi connectivity index (χ2v) is 14.4. The third-order valence-electron chi connectivity index (χ3n) is 5.80. The molecule has 0 aliphatic heterocycles. The van der Waals surface area contributed by atoms with E-state index in [0.717, 1.165) is 0 Å². The van der Waals surface area contributed by atoms with E-state index in [0.29, 0.717) is 24.3 Å². The van der Waals surface area contributed by atoms with Crippen LogP contribution in [0.3, 0.4) is 0 Å². The molecule has 0 unspecified atom stereocenters. The Morgan fingerprint density at radius 3 is 1.56 bits per heavy atom. The first-order valence-corrected chi connectivity index (χ1v) is 17.2. The van der Waals surface area contributed by atoms with Crippen molar-refractivity contribution in [3.63, 3.8) is 0 Å². The molecule has 0 bridgehead atoms. The van der Waals surface area contributed by atoms with E-state index in [1.807, 2.05) is 0 Å². The van der Waals surface area contributed by atoms with Crippen LogP contribution in [0, 0.1) is 0 Å². The maximum atomic E-state index is 12.3. The number of nitrogen functional groups attached to an aromatic ring is 2. The molecule has 0 saturated carbocycles. The molecule has 4 rings (SSSR count). The van der Waals surface area contributed by atoms with Crippen LogP contribution >= 0.6 is 0 Å². The van der Waals surface area contributed by atoms with Gasteiger partial charge in [-0.1, -0.05) is 18.2 Å². The molecule has 0 radical (unpaired) electrons. The largest absolute Gasteiger partial charge is 0.505 e. The summed E-state index contributed by atoms with van der Waals surface area (Å²) in [6, 6.07) is 9.59. The maximum absolute atomic E-state index is 12.3. The molecule has 4 aromatic carbocycles. The molecule has 0 aliphatic rings. The van der Waals surface area contributed by atoms with Crippen LogP contribution in [0.1, 0.15) is 0 Å². The molecular weight excluding hydrogens is 685 g/mol. The fraction of sp³-hybridized carbons (Fsp3) is 0. The molecule has 0 heterocycles. The lowest BCUT2D eigenvalue weighted by molar-refractivity contribution is 0.472. The summed E-state index contributed by atoms with van der Waals surface area (Å²) < 4.78 is 135. The lowest BCUT2D eigenvalue weighted by atomic mass is 10.1. The topological polar surface area (TPSA) is 339 Å². The van der Waals surface area contributed by atoms with E-state index >= 15 is 0 Å². The van der Waals surface area contributed by atoms with Gasteiger partial charge in [0.05, 0.1) is 22.4 Å². The number of nitrogens with zero attached hydrogens (tertiary/aromatic N) is 4. The molecule has 0 fully saturated rings. The van der Waals surface area contributed by atoms with Gasteiger partial charge in [-0.05, 0) is 41.8 Å². The predicted octanol–water partition coefficient (Wildman–Crippen LogP) is 3.53. The average molecular weight is 703 g/mol. The zero-order valence-electron chi connectivity index (χ0n) is 21.8. The van der Waals surface area contributed by atoms with Crippen molar-refractivity contribution < 1.29 is 57.0 Å². The standard InChI is InChI=1S/C22H18N6O13S4/c23-12-8-15(43(33,34)35)13(9-14(12)42(30,31)32)26-27-20-16(44(36,37)38)6-10-7-17(45(39,40)41)21(22(29)18(10)19(20)24)28-25-11-4-2-1-3-5-11/h1-9,29H,23-24H2,(H,30,31,32)(H,33,34,35)(H,36,37,38)(H,39,40,41). The Hall–Kier alpha value is -4.62. The molecule has 4 aromatic rings. The van der Waals surface area contributed by atoms with Gasteiger partial charge in [0.25, 0.3) is 40.5 Å². The monoisotopic (exact) mass is 702 g/mol. The number of hydrogen-bond acceptors (Lipinski definition) is 15. The van der Waals surface area contributed by atoms with Crippen molar-refractivity contribution >= 4 is 85.4 Å². The minimum Gasteiger partial charge on any atom is -0.505 e. The van der Waals surface area contributed by atoms with E-state index in [2.05, 4.69) is 20.5 Å². The third kappa shape index (κ3) is 6.89. The number of anilines is 2. The van der Waals surface area contributed by atoms with Crippen LogP contribution in [0.25, 0.3) is 10.8 Å². The Balaban J connectivity index is 2.09. The predicted molar refractivity (Wildman–Crippen MR) is 155 cm³/mol. The number of phenols is 1. The van der Waals surface area contributed by atoms with Gasteiger partial charge in [0.1, 0.15) is 36.6 Å². The smallest absolute Gasteiger partial charge is 0.296 e. The number of azo groups is 2. The summed E-state index contributed by atoms with van der Waals surface area (Å²) in [5, 5.41) is 24.3. The Labute approximate surface area is 253 Å². The quantitative estimate of drug-likeness (QED) is 0.0784. The third-order valence-corrected chi connectivity index (χ3v) is 9.32. The van der Waals surface area contributed by atoms with E-state index in [1.54, 1.807) is 18.2 Å². The summed E-state index contributed by atoms with van der Waals surface area (Å²) in [4.78, 5) is -4.50. The molecule has 45 heavy (non-hydrogen) atoms. The Morgan fingerprint density at radius 2 is 1.04 bits per heavy atom. The van der Waals surface area contributed by atoms with Gasteiger partial charge in [-0.15, -0.1) is 15.3 Å². The van der Waals surface area contributed by atoms with E-state index in [1.165, 1.54) is 12.1 Å². The first kappa shape index (κ1) is 33.3. The summed E-state index contributed by atoms with van der Waals surface area (Å²) in [7, 11) is -20.8. The highest BCUT2D eigenvalue weighted by molar-refractivity contribution is 7.87. The molecule has 0 aliphatic carbocycles. The highest BCUT2D eigenvalue weighted by Crippen LogP contribution is 2.48. The van der Waals surface area contributed by atoms with Gasteiger partial charge < -0.3 is 16.6 Å². The van der Waals surface area contributed by atoms with E-state index in [-0.39, 0.29) is 5.69 Å². The molecule has 0 saturated heterocycles. The second-order valence-electron chi connectivity index (χ2n) is 8.80. The minimum atomic E-state index is -5.34. The highest BCUT2D eigenvalue weighted by atomic mass is 32.2. The van der Waals surface area contributed by atoms with Gasteiger partial charge in [0, 0.05) is 0 Å². The molecule has 19 nitrogen and oxygen atoms in total. The molecular formula is C22H18N6O13S4. The lowest BCUT2D eigenvalue weighted by Gasteiger charge is -2.14. The highest BCUT2D eigenvalue weighted by Gasteiger charge is 2.29. The van der Waals surface area contributed by atoms with Gasteiger partial charge in [-0.2, -0.15) is 38.8 Å². The number of nitrogens with two attached hydrogens (primary N) is 2. The lowest BCUT2D eigenvalue weighted by Crippen LogP contribution is -2.06. The van der Waals surface area contributed by atoms with Crippen molar-refractivity contribution in [2.24, 2.45) is 20.5 Å². The molecule has 0 amide bonds. The van der Waals surface area contributed by atoms with Crippen molar-refractivity contribution in [1.82, 2.24) is 0 Å². The minimum absolute atomic E-state index is 0.171. The Morgan fingerprint density at radius 1 is 0.556 bits per heavy atom.